The maximum Gasteiger partial charge on any atom is 0.241 e. The van der Waals surface area contributed by atoms with Crippen LogP contribution in [0.5, 0.6) is 0 Å². The second-order valence-electron chi connectivity index (χ2n) is 5.41. The summed E-state index contributed by atoms with van der Waals surface area (Å²) in [6.45, 7) is 8.13. The van der Waals surface area contributed by atoms with E-state index in [-0.39, 0.29) is 5.91 Å². The molecule has 4 nitrogen and oxygen atoms in total. The molecule has 19 heavy (non-hydrogen) atoms. The molecule has 1 amide bonds. The molecule has 0 aromatic heterocycles. The SMILES string of the molecule is Cc1cc(C)cc(NCC(=O)N2CCN(C)CC2)c1. The molecular weight excluding hydrogens is 238 g/mol. The van der Waals surface area contributed by atoms with Crippen molar-refractivity contribution >= 4 is 11.6 Å². The molecule has 0 spiro atoms. The van der Waals surface area contributed by atoms with Crippen LogP contribution in [-0.4, -0.2) is 55.5 Å². The number of anilines is 1. The quantitative estimate of drug-likeness (QED) is 0.895. The first-order valence-corrected chi connectivity index (χ1v) is 6.83. The number of nitrogens with zero attached hydrogens (tertiary/aromatic N) is 2. The molecule has 1 aliphatic rings. The lowest BCUT2D eigenvalue weighted by molar-refractivity contribution is -0.130. The standard InChI is InChI=1S/C15H23N3O/c1-12-8-13(2)10-14(9-12)16-11-15(19)18-6-4-17(3)5-7-18/h8-10,16H,4-7,11H2,1-3H3. The average molecular weight is 261 g/mol. The van der Waals surface area contributed by atoms with Crippen LogP contribution in [0.4, 0.5) is 5.69 Å². The van der Waals surface area contributed by atoms with Crippen LogP contribution in [0.1, 0.15) is 11.1 Å². The van der Waals surface area contributed by atoms with Crippen molar-refractivity contribution in [3.8, 4) is 0 Å². The van der Waals surface area contributed by atoms with Gasteiger partial charge in [0.25, 0.3) is 0 Å². The lowest BCUT2D eigenvalue weighted by atomic mass is 10.1. The largest absolute Gasteiger partial charge is 0.376 e. The second-order valence-corrected chi connectivity index (χ2v) is 5.41. The zero-order valence-corrected chi connectivity index (χ0v) is 12.1. The number of likely N-dealkylation sites (N-methyl/N-ethyl adjacent to an activating group) is 1. The second kappa shape index (κ2) is 6.06. The fraction of sp³-hybridized carbons (Fsp3) is 0.533. The fourth-order valence-electron chi connectivity index (χ4n) is 2.42. The Balaban J connectivity index is 1.86. The average Bonchev–Trinajstić information content (AvgIpc) is 2.36. The Morgan fingerprint density at radius 3 is 2.26 bits per heavy atom. The molecule has 0 radical (unpaired) electrons. The van der Waals surface area contributed by atoms with E-state index in [4.69, 9.17) is 0 Å². The molecule has 2 rings (SSSR count). The number of carbonyl (C=O) groups is 1. The summed E-state index contributed by atoms with van der Waals surface area (Å²) in [7, 11) is 2.09. The minimum atomic E-state index is 0.187. The lowest BCUT2D eigenvalue weighted by Gasteiger charge is -2.32. The van der Waals surface area contributed by atoms with Crippen molar-refractivity contribution in [1.29, 1.82) is 0 Å². The number of hydrogen-bond acceptors (Lipinski definition) is 3. The van der Waals surface area contributed by atoms with Crippen LogP contribution in [0.25, 0.3) is 0 Å². The van der Waals surface area contributed by atoms with Crippen LogP contribution < -0.4 is 5.32 Å². The molecule has 0 unspecified atom stereocenters. The summed E-state index contributed by atoms with van der Waals surface area (Å²) in [5.74, 6) is 0.187. The molecule has 0 bridgehead atoms. The maximum atomic E-state index is 12.1. The summed E-state index contributed by atoms with van der Waals surface area (Å²) >= 11 is 0. The van der Waals surface area contributed by atoms with Gasteiger partial charge in [-0.05, 0) is 44.2 Å². The first-order valence-electron chi connectivity index (χ1n) is 6.83. The summed E-state index contributed by atoms with van der Waals surface area (Å²) < 4.78 is 0. The molecule has 1 aliphatic heterocycles. The summed E-state index contributed by atoms with van der Waals surface area (Å²) in [4.78, 5) is 16.3. The molecule has 1 heterocycles. The van der Waals surface area contributed by atoms with Gasteiger partial charge in [0.2, 0.25) is 5.91 Å². The van der Waals surface area contributed by atoms with Gasteiger partial charge in [0, 0.05) is 31.9 Å². The van der Waals surface area contributed by atoms with Crippen LogP contribution in [0.2, 0.25) is 0 Å². The third-order valence-corrected chi connectivity index (χ3v) is 3.52. The van der Waals surface area contributed by atoms with Crippen LogP contribution in [0.15, 0.2) is 18.2 Å². The predicted octanol–water partition coefficient (Wildman–Crippen LogP) is 1.49. The predicted molar refractivity (Wildman–Crippen MR) is 78.5 cm³/mol. The highest BCUT2D eigenvalue weighted by Crippen LogP contribution is 2.13. The molecule has 1 aromatic carbocycles. The first-order chi connectivity index (χ1) is 9.04. The monoisotopic (exact) mass is 261 g/mol. The van der Waals surface area contributed by atoms with Gasteiger partial charge >= 0.3 is 0 Å². The van der Waals surface area contributed by atoms with Crippen molar-refractivity contribution < 1.29 is 4.79 Å². The molecule has 0 aliphatic carbocycles. The number of hydrogen-bond donors (Lipinski definition) is 1. The molecule has 1 saturated heterocycles. The van der Waals surface area contributed by atoms with Gasteiger partial charge in [-0.15, -0.1) is 0 Å². The topological polar surface area (TPSA) is 35.6 Å². The minimum absolute atomic E-state index is 0.187. The normalized spacial score (nSPS) is 16.5. The van der Waals surface area contributed by atoms with E-state index in [9.17, 15) is 4.79 Å². The summed E-state index contributed by atoms with van der Waals surface area (Å²) in [5, 5.41) is 3.23. The van der Waals surface area contributed by atoms with Crippen LogP contribution in [0, 0.1) is 13.8 Å². The van der Waals surface area contributed by atoms with E-state index in [0.717, 1.165) is 31.9 Å². The van der Waals surface area contributed by atoms with E-state index in [1.54, 1.807) is 0 Å². The molecular formula is C15H23N3O. The Labute approximate surface area is 115 Å². The fourth-order valence-corrected chi connectivity index (χ4v) is 2.42. The summed E-state index contributed by atoms with van der Waals surface area (Å²) in [6.07, 6.45) is 0. The molecule has 4 heteroatoms. The van der Waals surface area contributed by atoms with Gasteiger partial charge in [0.1, 0.15) is 0 Å². The van der Waals surface area contributed by atoms with Gasteiger partial charge in [0.15, 0.2) is 0 Å². The first kappa shape index (κ1) is 13.9. The van der Waals surface area contributed by atoms with Crippen LogP contribution >= 0.6 is 0 Å². The third kappa shape index (κ3) is 3.96. The Morgan fingerprint density at radius 1 is 1.11 bits per heavy atom. The molecule has 0 atom stereocenters. The van der Waals surface area contributed by atoms with Gasteiger partial charge in [-0.25, -0.2) is 0 Å². The Hall–Kier alpha value is -1.55. The van der Waals surface area contributed by atoms with Gasteiger partial charge in [-0.3, -0.25) is 4.79 Å². The minimum Gasteiger partial charge on any atom is -0.376 e. The summed E-state index contributed by atoms with van der Waals surface area (Å²) in [5.41, 5.74) is 3.46. The number of piperazine rings is 1. The van der Waals surface area contributed by atoms with Crippen molar-refractivity contribution in [2.45, 2.75) is 13.8 Å². The van der Waals surface area contributed by atoms with E-state index >= 15 is 0 Å². The van der Waals surface area contributed by atoms with Crippen molar-refractivity contribution in [2.75, 3.05) is 45.1 Å². The van der Waals surface area contributed by atoms with Crippen molar-refractivity contribution in [2.24, 2.45) is 0 Å². The highest BCUT2D eigenvalue weighted by Gasteiger charge is 2.18. The number of nitrogens with one attached hydrogen (secondary N) is 1. The van der Waals surface area contributed by atoms with E-state index in [1.165, 1.54) is 11.1 Å². The zero-order valence-electron chi connectivity index (χ0n) is 12.1. The van der Waals surface area contributed by atoms with Crippen molar-refractivity contribution in [3.05, 3.63) is 29.3 Å². The van der Waals surface area contributed by atoms with E-state index < -0.39 is 0 Å². The smallest absolute Gasteiger partial charge is 0.241 e. The van der Waals surface area contributed by atoms with Gasteiger partial charge in [0.05, 0.1) is 6.54 Å². The molecule has 1 N–H and O–H groups in total. The molecule has 1 aromatic rings. The van der Waals surface area contributed by atoms with Gasteiger partial charge in [-0.1, -0.05) is 6.07 Å². The van der Waals surface area contributed by atoms with Gasteiger partial charge < -0.3 is 15.1 Å². The highest BCUT2D eigenvalue weighted by molar-refractivity contribution is 5.81. The zero-order chi connectivity index (χ0) is 13.8. The number of amides is 1. The molecule has 104 valence electrons. The van der Waals surface area contributed by atoms with Gasteiger partial charge in [-0.2, -0.15) is 0 Å². The number of aryl methyl sites for hydroxylation is 2. The number of carbonyl (C=O) groups excluding carboxylic acids is 1. The summed E-state index contributed by atoms with van der Waals surface area (Å²) in [6, 6.07) is 6.28. The lowest BCUT2D eigenvalue weighted by Crippen LogP contribution is -2.48. The van der Waals surface area contributed by atoms with Crippen LogP contribution in [0.3, 0.4) is 0 Å². The third-order valence-electron chi connectivity index (χ3n) is 3.52. The number of benzene rings is 1. The molecule has 1 fully saturated rings. The van der Waals surface area contributed by atoms with E-state index in [1.807, 2.05) is 4.90 Å². The number of rotatable bonds is 3. The van der Waals surface area contributed by atoms with Crippen molar-refractivity contribution in [3.63, 3.8) is 0 Å². The maximum absolute atomic E-state index is 12.1. The Bertz CT molecular complexity index is 430. The van der Waals surface area contributed by atoms with Crippen LogP contribution in [-0.2, 0) is 4.79 Å². The Kier molecular flexibility index (Phi) is 4.43. The Morgan fingerprint density at radius 2 is 1.68 bits per heavy atom. The van der Waals surface area contributed by atoms with Crippen molar-refractivity contribution in [1.82, 2.24) is 9.80 Å². The van der Waals surface area contributed by atoms with E-state index in [0.29, 0.717) is 6.54 Å². The van der Waals surface area contributed by atoms with E-state index in [2.05, 4.69) is 49.3 Å². The highest BCUT2D eigenvalue weighted by atomic mass is 16.2. The molecule has 0 saturated carbocycles.